The van der Waals surface area contributed by atoms with E-state index in [1.165, 1.54) is 13.0 Å². The summed E-state index contributed by atoms with van der Waals surface area (Å²) in [6.07, 6.45) is 4.87. The quantitative estimate of drug-likeness (QED) is 0.615. The van der Waals surface area contributed by atoms with Crippen molar-refractivity contribution >= 4 is 11.8 Å². The molecule has 2 bridgehead atoms. The molecule has 0 unspecified atom stereocenters. The molecule has 146 valence electrons. The van der Waals surface area contributed by atoms with E-state index < -0.39 is 11.6 Å². The number of Topliss-reactive ketones (excluding diaryl/α,β-unsaturated/α-hetero) is 1. The summed E-state index contributed by atoms with van der Waals surface area (Å²) in [7, 11) is 0. The average molecular weight is 370 g/mol. The molecule has 0 aromatic heterocycles. The van der Waals surface area contributed by atoms with E-state index in [-0.39, 0.29) is 25.6 Å². The maximum absolute atomic E-state index is 12.8. The molecule has 26 heavy (non-hydrogen) atoms. The fraction of sp³-hybridized carbons (Fsp3) is 0.667. The largest absolute Gasteiger partial charge is 0.444 e. The Bertz CT molecular complexity index is 527. The zero-order chi connectivity index (χ0) is 18.7. The summed E-state index contributed by atoms with van der Waals surface area (Å²) in [5, 5.41) is 0. The molecule has 2 rings (SSSR count). The van der Waals surface area contributed by atoms with Gasteiger partial charge in [0.25, 0.3) is 0 Å². The van der Waals surface area contributed by atoms with E-state index in [2.05, 4.69) is 0 Å². The molecule has 8 heteroatoms. The molecule has 1 aliphatic carbocycles. The van der Waals surface area contributed by atoms with Gasteiger partial charge in [-0.1, -0.05) is 12.2 Å². The summed E-state index contributed by atoms with van der Waals surface area (Å²) in [4.78, 5) is 24.4. The summed E-state index contributed by atoms with van der Waals surface area (Å²) in [5.74, 6) is -0.899. The number of allylic oxidation sites excluding steroid dienone is 2. The third kappa shape index (κ3) is 6.62. The van der Waals surface area contributed by atoms with Crippen molar-refractivity contribution in [1.82, 2.24) is 0 Å². The third-order valence-electron chi connectivity index (χ3n) is 3.73. The van der Waals surface area contributed by atoms with E-state index in [1.807, 2.05) is 0 Å². The van der Waals surface area contributed by atoms with Crippen molar-refractivity contribution in [2.75, 3.05) is 66.1 Å². The zero-order valence-electron chi connectivity index (χ0n) is 15.1. The van der Waals surface area contributed by atoms with E-state index >= 15 is 0 Å². The lowest BCUT2D eigenvalue weighted by Gasteiger charge is -2.31. The lowest BCUT2D eigenvalue weighted by molar-refractivity contribution is -0.165. The maximum atomic E-state index is 12.8. The minimum atomic E-state index is -1.47. The number of ether oxygens (including phenoxy) is 6. The molecular formula is C18H26O8. The predicted octanol–water partition coefficient (Wildman–Crippen LogP) is 0.450. The lowest BCUT2D eigenvalue weighted by Crippen LogP contribution is -2.48. The van der Waals surface area contributed by atoms with E-state index in [4.69, 9.17) is 28.4 Å². The van der Waals surface area contributed by atoms with Gasteiger partial charge < -0.3 is 28.4 Å². The van der Waals surface area contributed by atoms with Crippen molar-refractivity contribution in [3.63, 3.8) is 0 Å². The summed E-state index contributed by atoms with van der Waals surface area (Å²) in [6, 6.07) is 0. The van der Waals surface area contributed by atoms with E-state index in [9.17, 15) is 9.59 Å². The van der Waals surface area contributed by atoms with Gasteiger partial charge in [0.15, 0.2) is 0 Å². The topological polar surface area (TPSA) is 89.5 Å². The first-order chi connectivity index (χ1) is 12.6. The van der Waals surface area contributed by atoms with Gasteiger partial charge in [-0.15, -0.1) is 0 Å². The van der Waals surface area contributed by atoms with Crippen LogP contribution < -0.4 is 0 Å². The van der Waals surface area contributed by atoms with Crippen molar-refractivity contribution in [3.05, 3.63) is 23.8 Å². The molecule has 1 heterocycles. The normalized spacial score (nSPS) is 27.1. The van der Waals surface area contributed by atoms with Crippen LogP contribution >= 0.6 is 0 Å². The molecular weight excluding hydrogens is 344 g/mol. The highest BCUT2D eigenvalue weighted by Crippen LogP contribution is 2.25. The van der Waals surface area contributed by atoms with Crippen molar-refractivity contribution in [2.24, 2.45) is 0 Å². The monoisotopic (exact) mass is 370 g/mol. The number of hydrogen-bond acceptors (Lipinski definition) is 8. The summed E-state index contributed by atoms with van der Waals surface area (Å²) in [5.41, 5.74) is -1.05. The smallest absolute Gasteiger partial charge is 0.304 e. The fourth-order valence-electron chi connectivity index (χ4n) is 2.52. The van der Waals surface area contributed by atoms with Crippen LogP contribution in [-0.4, -0.2) is 83.4 Å². The number of carbonyl (C=O) groups excluding carboxylic acids is 2. The van der Waals surface area contributed by atoms with Crippen LogP contribution in [-0.2, 0) is 38.0 Å². The van der Waals surface area contributed by atoms with Gasteiger partial charge in [-0.25, -0.2) is 0 Å². The Kier molecular flexibility index (Phi) is 8.93. The van der Waals surface area contributed by atoms with Gasteiger partial charge >= 0.3 is 5.97 Å². The summed E-state index contributed by atoms with van der Waals surface area (Å²) < 4.78 is 32.5. The second-order valence-electron chi connectivity index (χ2n) is 5.81. The summed E-state index contributed by atoms with van der Waals surface area (Å²) >= 11 is 0. The van der Waals surface area contributed by atoms with Crippen molar-refractivity contribution in [1.29, 1.82) is 0 Å². The van der Waals surface area contributed by atoms with Crippen LogP contribution in [0.5, 0.6) is 0 Å². The van der Waals surface area contributed by atoms with Crippen LogP contribution in [0.1, 0.15) is 6.92 Å². The van der Waals surface area contributed by atoms with E-state index in [1.54, 1.807) is 12.2 Å². The van der Waals surface area contributed by atoms with Gasteiger partial charge in [-0.2, -0.15) is 0 Å². The number of rotatable bonds is 1. The summed E-state index contributed by atoms with van der Waals surface area (Å²) in [6.45, 7) is 4.49. The van der Waals surface area contributed by atoms with Crippen LogP contribution in [0.3, 0.4) is 0 Å². The first kappa shape index (κ1) is 20.7. The van der Waals surface area contributed by atoms with E-state index in [0.717, 1.165) is 0 Å². The minimum Gasteiger partial charge on any atom is -0.444 e. The Morgan fingerprint density at radius 3 is 2.04 bits per heavy atom. The first-order valence-electron chi connectivity index (χ1n) is 8.65. The van der Waals surface area contributed by atoms with Crippen molar-refractivity contribution < 1.29 is 38.0 Å². The van der Waals surface area contributed by atoms with Crippen molar-refractivity contribution in [3.8, 4) is 0 Å². The van der Waals surface area contributed by atoms with Crippen LogP contribution in [0, 0.1) is 0 Å². The zero-order valence-corrected chi connectivity index (χ0v) is 15.1. The molecule has 8 nitrogen and oxygen atoms in total. The first-order valence-corrected chi connectivity index (χ1v) is 8.65. The van der Waals surface area contributed by atoms with Crippen LogP contribution in [0.15, 0.2) is 23.8 Å². The molecule has 0 radical (unpaired) electrons. The highest BCUT2D eigenvalue weighted by atomic mass is 16.6. The van der Waals surface area contributed by atoms with Gasteiger partial charge in [0.2, 0.25) is 11.4 Å². The average Bonchev–Trinajstić information content (AvgIpc) is 2.60. The molecule has 1 saturated heterocycles. The molecule has 0 aromatic rings. The van der Waals surface area contributed by atoms with Crippen LogP contribution in [0.2, 0.25) is 0 Å². The van der Waals surface area contributed by atoms with Gasteiger partial charge in [0, 0.05) is 12.5 Å². The molecule has 0 saturated carbocycles. The molecule has 0 N–H and O–H groups in total. The molecule has 0 aromatic carbocycles. The van der Waals surface area contributed by atoms with Crippen molar-refractivity contribution in [2.45, 2.75) is 12.5 Å². The van der Waals surface area contributed by atoms with Gasteiger partial charge in [0.1, 0.15) is 0 Å². The lowest BCUT2D eigenvalue weighted by atomic mass is 9.88. The number of ketones is 1. The Morgan fingerprint density at radius 1 is 0.923 bits per heavy atom. The van der Waals surface area contributed by atoms with E-state index in [0.29, 0.717) is 51.8 Å². The molecule has 1 fully saturated rings. The fourth-order valence-corrected chi connectivity index (χ4v) is 2.52. The number of esters is 1. The molecule has 1 aliphatic heterocycles. The van der Waals surface area contributed by atoms with Gasteiger partial charge in [0.05, 0.1) is 66.1 Å². The molecule has 2 aliphatic rings. The Morgan fingerprint density at radius 2 is 1.46 bits per heavy atom. The highest BCUT2D eigenvalue weighted by molar-refractivity contribution is 6.06. The molecule has 0 amide bonds. The standard InChI is InChI=1S/C18H26O8/c1-15(19)26-18-4-2-3-16(17(18)20)13-24-11-9-22-7-5-21-6-8-23-10-12-25-14-18/h2-4H,5-14H2,1H3/t18-/m1/s1. The Labute approximate surface area is 153 Å². The second-order valence-corrected chi connectivity index (χ2v) is 5.81. The minimum absolute atomic E-state index is 0.0811. The predicted molar refractivity (Wildman–Crippen MR) is 90.8 cm³/mol. The Hall–Kier alpha value is -1.58. The molecule has 1 atom stereocenters. The Balaban J connectivity index is 2.01. The molecule has 0 spiro atoms. The number of carbonyl (C=O) groups is 2. The number of fused-ring (bicyclic) bond motifs is 2. The highest BCUT2D eigenvalue weighted by Gasteiger charge is 2.42. The SMILES string of the molecule is CC(=O)O[C@]12C=CC=C(COCCOCCOCCOCCOC1)C2=O. The second kappa shape index (κ2) is 11.2. The van der Waals surface area contributed by atoms with Gasteiger partial charge in [-0.05, 0) is 6.08 Å². The number of hydrogen-bond donors (Lipinski definition) is 0. The van der Waals surface area contributed by atoms with Gasteiger partial charge in [-0.3, -0.25) is 9.59 Å². The third-order valence-corrected chi connectivity index (χ3v) is 3.73. The van der Waals surface area contributed by atoms with Crippen LogP contribution in [0.4, 0.5) is 0 Å². The maximum Gasteiger partial charge on any atom is 0.304 e. The van der Waals surface area contributed by atoms with Crippen LogP contribution in [0.25, 0.3) is 0 Å².